The zero-order valence-corrected chi connectivity index (χ0v) is 10.6. The van der Waals surface area contributed by atoms with E-state index in [0.717, 1.165) is 10.4 Å². The van der Waals surface area contributed by atoms with Crippen LogP contribution in [0.15, 0.2) is 30.5 Å². The minimum absolute atomic E-state index is 0.0600. The summed E-state index contributed by atoms with van der Waals surface area (Å²) < 4.78 is 0. The fraction of sp³-hybridized carbons (Fsp3) is 0. The van der Waals surface area contributed by atoms with Gasteiger partial charge in [-0.2, -0.15) is 0 Å². The fourth-order valence-electron chi connectivity index (χ4n) is 1.32. The van der Waals surface area contributed by atoms with Crippen molar-refractivity contribution in [2.24, 2.45) is 5.73 Å². The molecule has 0 saturated heterocycles. The van der Waals surface area contributed by atoms with Crippen LogP contribution in [0.2, 0.25) is 0 Å². The van der Waals surface area contributed by atoms with Gasteiger partial charge in [-0.3, -0.25) is 10.1 Å². The molecule has 0 atom stereocenters. The van der Waals surface area contributed by atoms with E-state index >= 15 is 0 Å². The third-order valence-electron chi connectivity index (χ3n) is 2.10. The van der Waals surface area contributed by atoms with Crippen molar-refractivity contribution in [3.63, 3.8) is 0 Å². The van der Waals surface area contributed by atoms with Crippen molar-refractivity contribution in [2.75, 3.05) is 5.32 Å². The Hall–Kier alpha value is -2.06. The number of nitro groups is 1. The van der Waals surface area contributed by atoms with Crippen LogP contribution in [0.3, 0.4) is 0 Å². The summed E-state index contributed by atoms with van der Waals surface area (Å²) in [5.74, 6) is 0. The Morgan fingerprint density at radius 3 is 2.67 bits per heavy atom. The second-order valence-corrected chi connectivity index (χ2v) is 4.79. The normalized spacial score (nSPS) is 10.0. The number of hydrogen-bond donors (Lipinski definition) is 2. The Balaban J connectivity index is 2.23. The molecular weight excluding hydrogens is 272 g/mol. The van der Waals surface area contributed by atoms with Gasteiger partial charge in [0, 0.05) is 18.3 Å². The topological polar surface area (TPSA) is 94.1 Å². The molecule has 8 heteroatoms. The molecule has 0 amide bonds. The zero-order valence-electron chi connectivity index (χ0n) is 8.99. The van der Waals surface area contributed by atoms with Crippen LogP contribution in [0.4, 0.5) is 10.8 Å². The third-order valence-corrected chi connectivity index (χ3v) is 3.16. The molecule has 18 heavy (non-hydrogen) atoms. The van der Waals surface area contributed by atoms with E-state index in [0.29, 0.717) is 5.13 Å². The molecular formula is C10H8N4O2S2. The van der Waals surface area contributed by atoms with Crippen LogP contribution in [-0.2, 0) is 0 Å². The Kier molecular flexibility index (Phi) is 3.49. The number of aromatic nitrogens is 1. The molecule has 0 aliphatic heterocycles. The number of anilines is 1. The lowest BCUT2D eigenvalue weighted by Gasteiger charge is -1.97. The van der Waals surface area contributed by atoms with Gasteiger partial charge in [0.25, 0.3) is 5.69 Å². The van der Waals surface area contributed by atoms with Gasteiger partial charge in [-0.1, -0.05) is 11.3 Å². The van der Waals surface area contributed by atoms with E-state index in [1.807, 2.05) is 0 Å². The molecule has 0 saturated carbocycles. The quantitative estimate of drug-likeness (QED) is 0.509. The van der Waals surface area contributed by atoms with Crippen LogP contribution in [0.1, 0.15) is 0 Å². The molecule has 0 aliphatic rings. The third kappa shape index (κ3) is 2.79. The summed E-state index contributed by atoms with van der Waals surface area (Å²) in [6.07, 6.45) is 1.66. The van der Waals surface area contributed by atoms with E-state index in [9.17, 15) is 10.1 Å². The van der Waals surface area contributed by atoms with E-state index in [4.69, 9.17) is 18.0 Å². The highest BCUT2D eigenvalue weighted by Crippen LogP contribution is 2.29. The van der Waals surface area contributed by atoms with Crippen molar-refractivity contribution < 1.29 is 4.92 Å². The highest BCUT2D eigenvalue weighted by Gasteiger charge is 2.08. The maximum Gasteiger partial charge on any atom is 0.269 e. The number of nitrogens with zero attached hydrogens (tertiary/aromatic N) is 2. The van der Waals surface area contributed by atoms with Gasteiger partial charge in [0.2, 0.25) is 0 Å². The predicted molar refractivity (Wildman–Crippen MR) is 74.6 cm³/mol. The summed E-state index contributed by atoms with van der Waals surface area (Å²) in [6, 6.07) is 6.26. The predicted octanol–water partition coefficient (Wildman–Crippen LogP) is 2.37. The molecule has 1 aromatic carbocycles. The second-order valence-electron chi connectivity index (χ2n) is 3.32. The summed E-state index contributed by atoms with van der Waals surface area (Å²) in [7, 11) is 0. The van der Waals surface area contributed by atoms with E-state index in [2.05, 4.69) is 10.3 Å². The molecule has 0 aliphatic carbocycles. The molecule has 0 bridgehead atoms. The van der Waals surface area contributed by atoms with Crippen LogP contribution in [0, 0.1) is 10.1 Å². The van der Waals surface area contributed by atoms with Gasteiger partial charge < -0.3 is 11.1 Å². The number of hydrogen-bond acceptors (Lipinski definition) is 5. The molecule has 6 nitrogen and oxygen atoms in total. The Bertz CT molecular complexity index is 594. The van der Waals surface area contributed by atoms with Crippen LogP contribution in [0.25, 0.3) is 10.4 Å². The molecule has 1 heterocycles. The standard InChI is InChI=1S/C10H8N4O2S2/c11-9(17)13-10-12-5-8(18-10)6-1-3-7(4-2-6)14(15)16/h1-5H,(H3,11,12,13,17). The molecule has 0 unspecified atom stereocenters. The molecule has 92 valence electrons. The van der Waals surface area contributed by atoms with Crippen LogP contribution in [-0.4, -0.2) is 15.0 Å². The molecule has 2 aromatic rings. The lowest BCUT2D eigenvalue weighted by Crippen LogP contribution is -2.18. The van der Waals surface area contributed by atoms with E-state index in [-0.39, 0.29) is 10.8 Å². The lowest BCUT2D eigenvalue weighted by atomic mass is 10.2. The first-order valence-corrected chi connectivity index (χ1v) is 6.06. The van der Waals surface area contributed by atoms with Crippen molar-refractivity contribution in [3.8, 4) is 10.4 Å². The number of thiazole rings is 1. The molecule has 3 N–H and O–H groups in total. The maximum atomic E-state index is 10.5. The van der Waals surface area contributed by atoms with Crippen LogP contribution in [0.5, 0.6) is 0 Å². The average Bonchev–Trinajstić information content (AvgIpc) is 2.76. The van der Waals surface area contributed by atoms with Gasteiger partial charge >= 0.3 is 0 Å². The van der Waals surface area contributed by atoms with Crippen molar-refractivity contribution >= 4 is 39.5 Å². The zero-order chi connectivity index (χ0) is 13.1. The number of nitrogens with one attached hydrogen (secondary N) is 1. The second kappa shape index (κ2) is 5.07. The van der Waals surface area contributed by atoms with Crippen molar-refractivity contribution in [1.82, 2.24) is 4.98 Å². The van der Waals surface area contributed by atoms with Crippen molar-refractivity contribution in [1.29, 1.82) is 0 Å². The first-order valence-electron chi connectivity index (χ1n) is 4.83. The maximum absolute atomic E-state index is 10.5. The number of nitrogens with two attached hydrogens (primary N) is 1. The summed E-state index contributed by atoms with van der Waals surface area (Å²) in [4.78, 5) is 15.1. The van der Waals surface area contributed by atoms with Gasteiger partial charge in [0.1, 0.15) is 0 Å². The molecule has 2 rings (SSSR count). The molecule has 0 radical (unpaired) electrons. The lowest BCUT2D eigenvalue weighted by molar-refractivity contribution is -0.384. The fourth-order valence-corrected chi connectivity index (χ4v) is 2.31. The highest BCUT2D eigenvalue weighted by molar-refractivity contribution is 7.80. The van der Waals surface area contributed by atoms with Crippen molar-refractivity contribution in [3.05, 3.63) is 40.6 Å². The van der Waals surface area contributed by atoms with Crippen LogP contribution < -0.4 is 11.1 Å². The smallest absolute Gasteiger partial charge is 0.269 e. The van der Waals surface area contributed by atoms with Gasteiger partial charge in [-0.25, -0.2) is 4.98 Å². The Morgan fingerprint density at radius 1 is 1.44 bits per heavy atom. The summed E-state index contributed by atoms with van der Waals surface area (Å²) in [5, 5.41) is 14.0. The monoisotopic (exact) mass is 280 g/mol. The largest absolute Gasteiger partial charge is 0.376 e. The first kappa shape index (κ1) is 12.4. The van der Waals surface area contributed by atoms with Crippen molar-refractivity contribution in [2.45, 2.75) is 0 Å². The Labute approximate surface area is 112 Å². The van der Waals surface area contributed by atoms with E-state index in [1.54, 1.807) is 18.3 Å². The summed E-state index contributed by atoms with van der Waals surface area (Å²) in [5.41, 5.74) is 6.25. The number of nitro benzene ring substituents is 1. The highest BCUT2D eigenvalue weighted by atomic mass is 32.1. The van der Waals surface area contributed by atoms with Gasteiger partial charge in [-0.05, 0) is 29.9 Å². The minimum atomic E-state index is -0.434. The van der Waals surface area contributed by atoms with Gasteiger partial charge in [0.15, 0.2) is 10.2 Å². The number of non-ortho nitro benzene ring substituents is 1. The number of benzene rings is 1. The van der Waals surface area contributed by atoms with Gasteiger partial charge in [-0.15, -0.1) is 0 Å². The Morgan fingerprint density at radius 2 is 2.11 bits per heavy atom. The summed E-state index contributed by atoms with van der Waals surface area (Å²) >= 11 is 6.08. The van der Waals surface area contributed by atoms with E-state index < -0.39 is 4.92 Å². The SMILES string of the molecule is NC(=S)Nc1ncc(-c2ccc([N+](=O)[O-])cc2)s1. The van der Waals surface area contributed by atoms with Gasteiger partial charge in [0.05, 0.1) is 9.80 Å². The van der Waals surface area contributed by atoms with Crippen LogP contribution >= 0.6 is 23.6 Å². The molecule has 1 aromatic heterocycles. The molecule has 0 spiro atoms. The van der Waals surface area contributed by atoms with E-state index in [1.165, 1.54) is 23.5 Å². The number of rotatable bonds is 3. The summed E-state index contributed by atoms with van der Waals surface area (Å²) in [6.45, 7) is 0. The molecule has 0 fully saturated rings. The first-order chi connectivity index (χ1) is 8.56. The average molecular weight is 280 g/mol. The minimum Gasteiger partial charge on any atom is -0.376 e. The number of thiocarbonyl (C=S) groups is 1.